The smallest absolute Gasteiger partial charge is 0.281 e. The molecule has 0 aliphatic heterocycles. The summed E-state index contributed by atoms with van der Waals surface area (Å²) in [6.07, 6.45) is 3.27. The number of nitriles is 1. The van der Waals surface area contributed by atoms with Gasteiger partial charge < -0.3 is 0 Å². The Morgan fingerprint density at radius 1 is 0.703 bits per heavy atom. The summed E-state index contributed by atoms with van der Waals surface area (Å²) in [5, 5.41) is 9.40. The third-order valence-electron chi connectivity index (χ3n) is 5.42. The normalized spacial score (nSPS) is 10.3. The van der Waals surface area contributed by atoms with Crippen molar-refractivity contribution in [3.8, 4) is 6.07 Å². The molecule has 0 heterocycles. The summed E-state index contributed by atoms with van der Waals surface area (Å²) < 4.78 is 103. The van der Waals surface area contributed by atoms with Crippen LogP contribution in [0.15, 0.2) is 18.2 Å². The molecule has 10 heteroatoms. The Morgan fingerprint density at radius 3 is 1.57 bits per heavy atom. The first-order chi connectivity index (χ1) is 17.0. The largest absolute Gasteiger partial charge is 2.00 e. The molecule has 196 valence electrons. The Kier molecular flexibility index (Phi) is 13.0. The average Bonchev–Trinajstić information content (AvgIpc) is 2.86. The molecular weight excluding hydrogens is 674 g/mol. The summed E-state index contributed by atoms with van der Waals surface area (Å²) in [6, 6.07) is 10.4. The van der Waals surface area contributed by atoms with Crippen LogP contribution in [-0.4, -0.2) is 0 Å². The van der Waals surface area contributed by atoms with Crippen molar-refractivity contribution in [1.82, 2.24) is 0 Å². The van der Waals surface area contributed by atoms with Gasteiger partial charge >= 0.3 is 21.1 Å². The van der Waals surface area contributed by atoms with E-state index in [0.717, 1.165) is 37.3 Å². The van der Waals surface area contributed by atoms with Gasteiger partial charge in [-0.3, -0.25) is 17.6 Å². The first-order valence-corrected chi connectivity index (χ1v) is 11.0. The summed E-state index contributed by atoms with van der Waals surface area (Å²) >= 11 is 0. The van der Waals surface area contributed by atoms with Gasteiger partial charge in [-0.1, -0.05) is 49.6 Å². The summed E-state index contributed by atoms with van der Waals surface area (Å²) in [5.41, 5.74) is 1.02. The first kappa shape index (κ1) is 32.3. The van der Waals surface area contributed by atoms with Crippen molar-refractivity contribution < 1.29 is 56.2 Å². The summed E-state index contributed by atoms with van der Waals surface area (Å²) in [4.78, 5) is 0. The quantitative estimate of drug-likeness (QED) is 0.141. The van der Waals surface area contributed by atoms with Gasteiger partial charge in [0.05, 0.1) is 11.6 Å². The van der Waals surface area contributed by atoms with Crippen LogP contribution in [0.4, 0.5) is 35.1 Å². The molecule has 3 rings (SSSR count). The number of unbranched alkanes of at least 4 members (excludes halogenated alkanes) is 1. The number of benzene rings is 3. The van der Waals surface area contributed by atoms with E-state index in [-0.39, 0.29) is 33.9 Å². The van der Waals surface area contributed by atoms with E-state index in [9.17, 15) is 40.4 Å². The molecule has 0 aromatic heterocycles. The van der Waals surface area contributed by atoms with Crippen LogP contribution < -0.4 is 0 Å². The topological polar surface area (TPSA) is 23.8 Å². The molecule has 0 aliphatic carbocycles. The van der Waals surface area contributed by atoms with Crippen molar-refractivity contribution in [1.29, 1.82) is 5.26 Å². The predicted octanol–water partition coefficient (Wildman–Crippen LogP) is 7.78. The molecule has 37 heavy (non-hydrogen) atoms. The van der Waals surface area contributed by atoms with E-state index in [1.165, 1.54) is 12.1 Å². The zero-order chi connectivity index (χ0) is 27.0. The third kappa shape index (κ3) is 8.13. The first-order valence-electron chi connectivity index (χ1n) is 11.0. The van der Waals surface area contributed by atoms with E-state index in [2.05, 4.69) is 13.0 Å². The third-order valence-corrected chi connectivity index (χ3v) is 5.42. The zero-order valence-electron chi connectivity index (χ0n) is 19.9. The molecule has 0 spiro atoms. The number of rotatable bonds is 7. The number of hydrogen-bond acceptors (Lipinski definition) is 1. The monoisotopic (exact) mass is 695 g/mol. The maximum absolute atomic E-state index is 13.7. The maximum atomic E-state index is 13.7. The van der Waals surface area contributed by atoms with Gasteiger partial charge in [0, 0.05) is 46.5 Å². The van der Waals surface area contributed by atoms with Gasteiger partial charge in [-0.2, -0.15) is 5.26 Å². The number of aryl methyl sites for hydroxylation is 2. The summed E-state index contributed by atoms with van der Waals surface area (Å²) in [7, 11) is 0. The molecule has 0 N–H and O–H groups in total. The minimum Gasteiger partial charge on any atom is -0.281 e. The van der Waals surface area contributed by atoms with Crippen LogP contribution in [0.1, 0.15) is 54.0 Å². The van der Waals surface area contributed by atoms with Gasteiger partial charge in [0.25, 0.3) is 0 Å². The van der Waals surface area contributed by atoms with Crippen molar-refractivity contribution in [2.75, 3.05) is 0 Å². The second-order valence-corrected chi connectivity index (χ2v) is 7.89. The Labute approximate surface area is 224 Å². The van der Waals surface area contributed by atoms with Crippen molar-refractivity contribution in [2.45, 2.75) is 52.4 Å². The van der Waals surface area contributed by atoms with Crippen LogP contribution in [-0.2, 0) is 40.3 Å². The molecule has 3 aromatic rings. The molecule has 0 atom stereocenters. The van der Waals surface area contributed by atoms with E-state index < -0.39 is 57.7 Å². The van der Waals surface area contributed by atoms with E-state index in [4.69, 9.17) is 0 Å². The second kappa shape index (κ2) is 14.9. The molecule has 0 fully saturated rings. The van der Waals surface area contributed by atoms with Crippen LogP contribution in [0.25, 0.3) is 0 Å². The Hall–Kier alpha value is -2.72. The molecule has 0 saturated carbocycles. The minimum absolute atomic E-state index is 0. The van der Waals surface area contributed by atoms with Gasteiger partial charge in [-0.25, -0.2) is 17.6 Å². The van der Waals surface area contributed by atoms with E-state index in [0.29, 0.717) is 12.0 Å². The van der Waals surface area contributed by atoms with E-state index >= 15 is 0 Å². The van der Waals surface area contributed by atoms with E-state index in [1.807, 2.05) is 12.1 Å². The zero-order valence-corrected chi connectivity index (χ0v) is 22.8. The van der Waals surface area contributed by atoms with Crippen molar-refractivity contribution in [2.24, 2.45) is 0 Å². The maximum Gasteiger partial charge on any atom is 2.00 e. The molecule has 0 saturated heterocycles. The predicted molar refractivity (Wildman–Crippen MR) is 117 cm³/mol. The SMILES string of the molecule is CCCCc1cccc(CCCc2c(F)c(F)[c-]c(F)c2F)c1C#N.Cc1c(F)c(F)[c-]c(F)c1F.[W+2]. The molecule has 0 bridgehead atoms. The van der Waals surface area contributed by atoms with Gasteiger partial charge in [0.2, 0.25) is 0 Å². The molecule has 1 nitrogen and oxygen atoms in total. The fraction of sp³-hybridized carbons (Fsp3) is 0.296. The number of hydrogen-bond donors (Lipinski definition) is 0. The van der Waals surface area contributed by atoms with Gasteiger partial charge in [0.15, 0.2) is 0 Å². The number of nitrogens with zero attached hydrogens (tertiary/aromatic N) is 1. The Balaban J connectivity index is 0.000000479. The van der Waals surface area contributed by atoms with Crippen molar-refractivity contribution in [3.05, 3.63) is 105 Å². The summed E-state index contributed by atoms with van der Waals surface area (Å²) in [5.74, 6) is -11.6. The fourth-order valence-corrected chi connectivity index (χ4v) is 3.46. The molecule has 0 amide bonds. The standard InChI is InChI=1S/C20H18F4N.C7H3F4.W/c1-2-3-6-13-7-4-8-14(16(13)12-25)9-5-10-15-19(23)17(21)11-18(22)20(15)24;1-3-6(10)4(8)2-5(9)7(3)11;/h4,7-8H,2-3,5-6,9-10H2,1H3;1H3;/q2*-1;+2. The fourth-order valence-electron chi connectivity index (χ4n) is 3.46. The van der Waals surface area contributed by atoms with E-state index in [1.54, 1.807) is 6.07 Å². The molecule has 0 radical (unpaired) electrons. The molecule has 0 aliphatic rings. The van der Waals surface area contributed by atoms with Crippen LogP contribution >= 0.6 is 0 Å². The number of halogens is 8. The minimum atomic E-state index is -1.52. The van der Waals surface area contributed by atoms with Crippen molar-refractivity contribution in [3.63, 3.8) is 0 Å². The van der Waals surface area contributed by atoms with Crippen LogP contribution in [0.5, 0.6) is 0 Å². The summed E-state index contributed by atoms with van der Waals surface area (Å²) in [6.45, 7) is 3.01. The molecule has 0 unspecified atom stereocenters. The average molecular weight is 695 g/mol. The van der Waals surface area contributed by atoms with Gasteiger partial charge in [-0.15, -0.1) is 12.1 Å². The van der Waals surface area contributed by atoms with Gasteiger partial charge in [-0.05, 0) is 43.2 Å². The van der Waals surface area contributed by atoms with Crippen LogP contribution in [0.2, 0.25) is 0 Å². The van der Waals surface area contributed by atoms with Gasteiger partial charge in [0.1, 0.15) is 0 Å². The van der Waals surface area contributed by atoms with Crippen LogP contribution in [0, 0.1) is 76.9 Å². The van der Waals surface area contributed by atoms with Crippen molar-refractivity contribution >= 4 is 0 Å². The Morgan fingerprint density at radius 2 is 1.14 bits per heavy atom. The van der Waals surface area contributed by atoms with Crippen LogP contribution in [0.3, 0.4) is 0 Å². The Bertz CT molecular complexity index is 1220. The second-order valence-electron chi connectivity index (χ2n) is 7.89. The molecular formula is C27H21F8NW. The molecule has 3 aromatic carbocycles.